The number of benzene rings is 5. The smallest absolute Gasteiger partial charge is 0.0102 e. The first-order valence-electron chi connectivity index (χ1n) is 20.8. The topological polar surface area (TPSA) is 0 Å². The number of hydrogen-bond donors (Lipinski definition) is 0. The summed E-state index contributed by atoms with van der Waals surface area (Å²) < 4.78 is 0. The van der Waals surface area contributed by atoms with Gasteiger partial charge >= 0.3 is 0 Å². The lowest BCUT2D eigenvalue weighted by atomic mass is 9.87. The number of allylic oxidation sites excluding steroid dienone is 10. The molecule has 2 aliphatic carbocycles. The van der Waals surface area contributed by atoms with E-state index in [0.29, 0.717) is 0 Å². The van der Waals surface area contributed by atoms with Crippen molar-refractivity contribution in [2.24, 2.45) is 0 Å². The minimum Gasteiger partial charge on any atom is -0.0984 e. The molecule has 0 atom stereocenters. The summed E-state index contributed by atoms with van der Waals surface area (Å²) in [7, 11) is 0. The van der Waals surface area contributed by atoms with Gasteiger partial charge in [-0.2, -0.15) is 0 Å². The Bertz CT molecular complexity index is 2290. The van der Waals surface area contributed by atoms with Crippen LogP contribution in [0.3, 0.4) is 0 Å². The second-order valence-corrected chi connectivity index (χ2v) is 14.1. The van der Waals surface area contributed by atoms with Gasteiger partial charge in [0, 0.05) is 0 Å². The van der Waals surface area contributed by atoms with Gasteiger partial charge in [0.25, 0.3) is 0 Å². The predicted octanol–water partition coefficient (Wildman–Crippen LogP) is 17.2. The predicted molar refractivity (Wildman–Crippen MR) is 257 cm³/mol. The molecule has 0 saturated heterocycles. The Kier molecular flexibility index (Phi) is 17.1. The monoisotopic (exact) mass is 749 g/mol. The second-order valence-electron chi connectivity index (χ2n) is 14.1. The highest BCUT2D eigenvalue weighted by Gasteiger charge is 2.15. The zero-order chi connectivity index (χ0) is 39.9. The SMILES string of the molecule is C.C=C/C(=C\c1ccccc1C)c1cccc(/C(=C/C(=C)c2cccc(C3=CC=CCC3)c2)c2cc(-c3cccc(C4=CCCCC4)c3)ccc2C)c1.CC.CC. The van der Waals surface area contributed by atoms with Crippen LogP contribution in [-0.4, -0.2) is 0 Å². The van der Waals surface area contributed by atoms with Gasteiger partial charge in [-0.25, -0.2) is 0 Å². The molecule has 57 heavy (non-hydrogen) atoms. The van der Waals surface area contributed by atoms with Crippen molar-refractivity contribution >= 4 is 33.9 Å². The van der Waals surface area contributed by atoms with E-state index in [2.05, 4.69) is 179 Å². The minimum absolute atomic E-state index is 0. The van der Waals surface area contributed by atoms with Crippen molar-refractivity contribution in [1.29, 1.82) is 0 Å². The van der Waals surface area contributed by atoms with Crippen LogP contribution in [0.1, 0.15) is 124 Å². The molecule has 0 aliphatic heterocycles. The van der Waals surface area contributed by atoms with E-state index in [0.717, 1.165) is 52.7 Å². The van der Waals surface area contributed by atoms with Crippen molar-refractivity contribution in [2.75, 3.05) is 0 Å². The fourth-order valence-electron chi connectivity index (χ4n) is 7.47. The number of rotatable bonds is 10. The number of aryl methyl sites for hydroxylation is 2. The van der Waals surface area contributed by atoms with E-state index in [-0.39, 0.29) is 7.43 Å². The average molecular weight is 749 g/mol. The highest BCUT2D eigenvalue weighted by molar-refractivity contribution is 5.94. The molecule has 0 unspecified atom stereocenters. The normalized spacial score (nSPS) is 13.7. The zero-order valence-electron chi connectivity index (χ0n) is 34.7. The Morgan fingerprint density at radius 2 is 1.28 bits per heavy atom. The largest absolute Gasteiger partial charge is 0.0984 e. The molecule has 0 heteroatoms. The molecular formula is C57H64. The van der Waals surface area contributed by atoms with E-state index >= 15 is 0 Å². The maximum atomic E-state index is 4.67. The molecule has 0 spiro atoms. The van der Waals surface area contributed by atoms with Gasteiger partial charge in [-0.3, -0.25) is 0 Å². The first-order chi connectivity index (χ1) is 27.5. The van der Waals surface area contributed by atoms with E-state index in [1.54, 1.807) is 0 Å². The lowest BCUT2D eigenvalue weighted by Crippen LogP contribution is -1.96. The minimum atomic E-state index is 0. The van der Waals surface area contributed by atoms with Crippen molar-refractivity contribution in [1.82, 2.24) is 0 Å². The van der Waals surface area contributed by atoms with Gasteiger partial charge in [0.15, 0.2) is 0 Å². The molecule has 292 valence electrons. The van der Waals surface area contributed by atoms with Crippen LogP contribution >= 0.6 is 0 Å². The standard InChI is InChI=1S/C52H48.2C2H6.CH4/c1-5-40(32-43-22-13-12-17-37(43)2)45-24-16-28-50(35-45)52(31-39(4)44-23-14-25-46(33-44)41-18-8-6-9-19-41)51-36-49(30-29-38(51)3)48-27-15-26-47(34-48)42-20-10-7-11-21-42;2*1-2;/h5-6,8,12-18,20,22-36H,1,4,7,9-11,19,21H2,2-3H3;2*1-2H3;1H4/b40-32+,52-31-;;;. The molecule has 2 aliphatic rings. The van der Waals surface area contributed by atoms with Crippen molar-refractivity contribution in [3.8, 4) is 11.1 Å². The van der Waals surface area contributed by atoms with Crippen molar-refractivity contribution < 1.29 is 0 Å². The lowest BCUT2D eigenvalue weighted by molar-refractivity contribution is 0.742. The Morgan fingerprint density at radius 1 is 0.596 bits per heavy atom. The van der Waals surface area contributed by atoms with Gasteiger partial charge in [0.1, 0.15) is 0 Å². The molecular weight excluding hydrogens is 685 g/mol. The fourth-order valence-corrected chi connectivity index (χ4v) is 7.47. The van der Waals surface area contributed by atoms with Gasteiger partial charge in [-0.05, 0) is 178 Å². The fraction of sp³-hybridized carbons (Fsp3) is 0.228. The van der Waals surface area contributed by atoms with Crippen LogP contribution in [0.2, 0.25) is 0 Å². The van der Waals surface area contributed by atoms with E-state index in [9.17, 15) is 0 Å². The van der Waals surface area contributed by atoms with Crippen LogP contribution in [-0.2, 0) is 0 Å². The Labute approximate surface area is 346 Å². The number of hydrogen-bond acceptors (Lipinski definition) is 0. The van der Waals surface area contributed by atoms with Crippen LogP contribution in [0, 0.1) is 13.8 Å². The first kappa shape index (κ1) is 44.0. The molecule has 0 fully saturated rings. The average Bonchev–Trinajstić information content (AvgIpc) is 3.27. The van der Waals surface area contributed by atoms with E-state index in [1.807, 2.05) is 33.8 Å². The Hall–Kier alpha value is -5.72. The molecule has 0 radical (unpaired) electrons. The summed E-state index contributed by atoms with van der Waals surface area (Å²) >= 11 is 0. The van der Waals surface area contributed by atoms with Crippen molar-refractivity contribution in [3.05, 3.63) is 215 Å². The second kappa shape index (κ2) is 22.1. The maximum absolute atomic E-state index is 4.67. The summed E-state index contributed by atoms with van der Waals surface area (Å²) in [5.74, 6) is 0. The van der Waals surface area contributed by atoms with E-state index in [4.69, 9.17) is 0 Å². The summed E-state index contributed by atoms with van der Waals surface area (Å²) in [4.78, 5) is 0. The third-order valence-electron chi connectivity index (χ3n) is 10.5. The Morgan fingerprint density at radius 3 is 2.00 bits per heavy atom. The van der Waals surface area contributed by atoms with Gasteiger partial charge < -0.3 is 0 Å². The van der Waals surface area contributed by atoms with Crippen LogP contribution in [0.4, 0.5) is 0 Å². The third-order valence-corrected chi connectivity index (χ3v) is 10.5. The highest BCUT2D eigenvalue weighted by Crippen LogP contribution is 2.36. The molecule has 5 aromatic carbocycles. The maximum Gasteiger partial charge on any atom is -0.0102 e. The molecule has 0 amide bonds. The quantitative estimate of drug-likeness (QED) is 0.0985. The van der Waals surface area contributed by atoms with Crippen LogP contribution in [0.5, 0.6) is 0 Å². The summed E-state index contributed by atoms with van der Waals surface area (Å²) in [6, 6.07) is 42.3. The summed E-state index contributed by atoms with van der Waals surface area (Å²) in [6.07, 6.45) is 22.6. The summed E-state index contributed by atoms with van der Waals surface area (Å²) in [6.45, 7) is 21.3. The molecule has 7 rings (SSSR count). The lowest BCUT2D eigenvalue weighted by Gasteiger charge is -2.17. The highest BCUT2D eigenvalue weighted by atomic mass is 14.2. The summed E-state index contributed by atoms with van der Waals surface area (Å²) in [5, 5.41) is 0. The molecule has 5 aromatic rings. The molecule has 0 heterocycles. The van der Waals surface area contributed by atoms with Gasteiger partial charge in [0.05, 0.1) is 0 Å². The third kappa shape index (κ3) is 11.2. The van der Waals surface area contributed by atoms with Gasteiger partial charge in [0.2, 0.25) is 0 Å². The summed E-state index contributed by atoms with van der Waals surface area (Å²) in [5.41, 5.74) is 19.5. The molecule has 0 bridgehead atoms. The van der Waals surface area contributed by atoms with Crippen molar-refractivity contribution in [2.45, 2.75) is 87.5 Å². The van der Waals surface area contributed by atoms with Crippen LogP contribution < -0.4 is 0 Å². The molecule has 0 nitrogen and oxygen atoms in total. The molecule has 0 aromatic heterocycles. The van der Waals surface area contributed by atoms with E-state index < -0.39 is 0 Å². The zero-order valence-corrected chi connectivity index (χ0v) is 34.7. The van der Waals surface area contributed by atoms with Gasteiger partial charge in [-0.15, -0.1) is 0 Å². The first-order valence-corrected chi connectivity index (χ1v) is 20.8. The van der Waals surface area contributed by atoms with Crippen LogP contribution in [0.15, 0.2) is 165 Å². The van der Waals surface area contributed by atoms with Crippen LogP contribution in [0.25, 0.3) is 45.1 Å². The van der Waals surface area contributed by atoms with Crippen molar-refractivity contribution in [3.63, 3.8) is 0 Å². The molecule has 0 saturated carbocycles. The van der Waals surface area contributed by atoms with Gasteiger partial charge in [-0.1, -0.05) is 170 Å². The molecule has 0 N–H and O–H groups in total. The Balaban J connectivity index is 0.00000140. The van der Waals surface area contributed by atoms with E-state index in [1.165, 1.54) is 74.9 Å².